The van der Waals surface area contributed by atoms with Crippen LogP contribution in [0.15, 0.2) is 24.3 Å². The molecule has 0 unspecified atom stereocenters. The molecule has 108 valence electrons. The highest BCUT2D eigenvalue weighted by atomic mass is 16.5. The van der Waals surface area contributed by atoms with E-state index in [9.17, 15) is 9.59 Å². The summed E-state index contributed by atoms with van der Waals surface area (Å²) in [7, 11) is 1.73. The lowest BCUT2D eigenvalue weighted by atomic mass is 10.0. The molecule has 1 aromatic rings. The largest absolute Gasteiger partial charge is 0.478 e. The molecule has 1 atom stereocenters. The zero-order valence-electron chi connectivity index (χ0n) is 11.5. The van der Waals surface area contributed by atoms with Gasteiger partial charge < -0.3 is 14.7 Å². The van der Waals surface area contributed by atoms with Crippen LogP contribution in [-0.2, 0) is 16.0 Å². The summed E-state index contributed by atoms with van der Waals surface area (Å²) in [4.78, 5) is 24.8. The fraction of sp³-hybridized carbons (Fsp3) is 0.467. The molecule has 1 amide bonds. The van der Waals surface area contributed by atoms with Crippen molar-refractivity contribution in [1.82, 2.24) is 4.90 Å². The van der Waals surface area contributed by atoms with E-state index in [-0.39, 0.29) is 12.0 Å². The number of benzene rings is 1. The summed E-state index contributed by atoms with van der Waals surface area (Å²) in [5.74, 6) is -0.955. The number of ether oxygens (including phenoxy) is 1. The van der Waals surface area contributed by atoms with Gasteiger partial charge in [-0.25, -0.2) is 4.79 Å². The second kappa shape index (κ2) is 6.52. The average molecular weight is 277 g/mol. The Balaban J connectivity index is 1.94. The van der Waals surface area contributed by atoms with Gasteiger partial charge in [-0.2, -0.15) is 0 Å². The van der Waals surface area contributed by atoms with Crippen LogP contribution in [0.5, 0.6) is 0 Å². The van der Waals surface area contributed by atoms with E-state index in [1.54, 1.807) is 30.1 Å². The van der Waals surface area contributed by atoms with Crippen LogP contribution in [0.3, 0.4) is 0 Å². The van der Waals surface area contributed by atoms with E-state index < -0.39 is 5.97 Å². The standard InChI is InChI=1S/C15H19NO4/c1-16(14(17)13-7-4-10-20-13)9-8-11-5-2-3-6-12(11)15(18)19/h2-3,5-6,13H,4,7-10H2,1H3,(H,18,19)/t13-/m0/s1. The SMILES string of the molecule is CN(CCc1ccccc1C(=O)O)C(=O)[C@@H]1CCCO1. The summed E-state index contributed by atoms with van der Waals surface area (Å²) in [6.07, 6.45) is 1.90. The predicted molar refractivity (Wildman–Crippen MR) is 73.7 cm³/mol. The van der Waals surface area contributed by atoms with E-state index >= 15 is 0 Å². The molecule has 0 aromatic heterocycles. The van der Waals surface area contributed by atoms with Crippen LogP contribution in [0.2, 0.25) is 0 Å². The molecule has 0 radical (unpaired) electrons. The van der Waals surface area contributed by atoms with Crippen molar-refractivity contribution < 1.29 is 19.4 Å². The summed E-state index contributed by atoms with van der Waals surface area (Å²) < 4.78 is 5.36. The zero-order valence-corrected chi connectivity index (χ0v) is 11.5. The molecule has 1 aliphatic heterocycles. The van der Waals surface area contributed by atoms with Crippen LogP contribution in [0.25, 0.3) is 0 Å². The molecule has 20 heavy (non-hydrogen) atoms. The molecule has 1 fully saturated rings. The highest BCUT2D eigenvalue weighted by Gasteiger charge is 2.26. The average Bonchev–Trinajstić information content (AvgIpc) is 2.98. The molecule has 1 heterocycles. The lowest BCUT2D eigenvalue weighted by Gasteiger charge is -2.20. The monoisotopic (exact) mass is 277 g/mol. The van der Waals surface area contributed by atoms with Crippen LogP contribution >= 0.6 is 0 Å². The molecule has 0 saturated carbocycles. The number of carbonyl (C=O) groups excluding carboxylic acids is 1. The molecule has 2 rings (SSSR count). The Bertz CT molecular complexity index is 494. The first-order valence-electron chi connectivity index (χ1n) is 6.77. The maximum absolute atomic E-state index is 12.1. The number of hydrogen-bond acceptors (Lipinski definition) is 3. The molecule has 0 spiro atoms. The molecular formula is C15H19NO4. The molecular weight excluding hydrogens is 258 g/mol. The third kappa shape index (κ3) is 3.36. The first-order valence-corrected chi connectivity index (χ1v) is 6.77. The number of hydrogen-bond donors (Lipinski definition) is 1. The number of nitrogens with zero attached hydrogens (tertiary/aromatic N) is 1. The van der Waals surface area contributed by atoms with Gasteiger partial charge in [-0.15, -0.1) is 0 Å². The van der Waals surface area contributed by atoms with Gasteiger partial charge >= 0.3 is 5.97 Å². The molecule has 1 aromatic carbocycles. The van der Waals surface area contributed by atoms with E-state index in [0.29, 0.717) is 25.1 Å². The number of likely N-dealkylation sites (N-methyl/N-ethyl adjacent to an activating group) is 1. The second-order valence-corrected chi connectivity index (χ2v) is 4.97. The highest BCUT2D eigenvalue weighted by Crippen LogP contribution is 2.15. The van der Waals surface area contributed by atoms with Gasteiger partial charge in [0, 0.05) is 20.2 Å². The molecule has 5 heteroatoms. The summed E-state index contributed by atoms with van der Waals surface area (Å²) in [5, 5.41) is 9.11. The van der Waals surface area contributed by atoms with E-state index in [0.717, 1.165) is 18.4 Å². The van der Waals surface area contributed by atoms with Gasteiger partial charge in [-0.1, -0.05) is 18.2 Å². The summed E-state index contributed by atoms with van der Waals surface area (Å²) in [6.45, 7) is 1.13. The Morgan fingerprint density at radius 1 is 1.40 bits per heavy atom. The Morgan fingerprint density at radius 3 is 2.80 bits per heavy atom. The maximum Gasteiger partial charge on any atom is 0.335 e. The molecule has 0 aliphatic carbocycles. The van der Waals surface area contributed by atoms with Crippen molar-refractivity contribution in [1.29, 1.82) is 0 Å². The first kappa shape index (κ1) is 14.5. The minimum absolute atomic E-state index is 0.0182. The van der Waals surface area contributed by atoms with E-state index in [1.165, 1.54) is 0 Å². The van der Waals surface area contributed by atoms with E-state index in [1.807, 2.05) is 6.07 Å². The number of amides is 1. The van der Waals surface area contributed by atoms with Gasteiger partial charge in [-0.3, -0.25) is 4.79 Å². The lowest BCUT2D eigenvalue weighted by molar-refractivity contribution is -0.139. The third-order valence-electron chi connectivity index (χ3n) is 3.55. The molecule has 0 bridgehead atoms. The Morgan fingerprint density at radius 2 is 2.15 bits per heavy atom. The van der Waals surface area contributed by atoms with E-state index in [2.05, 4.69) is 0 Å². The predicted octanol–water partition coefficient (Wildman–Crippen LogP) is 1.56. The van der Waals surface area contributed by atoms with Crippen LogP contribution in [-0.4, -0.2) is 48.2 Å². The van der Waals surface area contributed by atoms with Crippen molar-refractivity contribution in [3.05, 3.63) is 35.4 Å². The normalized spacial score (nSPS) is 17.9. The van der Waals surface area contributed by atoms with Gasteiger partial charge in [0.25, 0.3) is 5.91 Å². The second-order valence-electron chi connectivity index (χ2n) is 4.97. The number of carbonyl (C=O) groups is 2. The van der Waals surface area contributed by atoms with Gasteiger partial charge in [-0.05, 0) is 30.9 Å². The summed E-state index contributed by atoms with van der Waals surface area (Å²) >= 11 is 0. The van der Waals surface area contributed by atoms with Crippen molar-refractivity contribution in [3.63, 3.8) is 0 Å². The van der Waals surface area contributed by atoms with Crippen molar-refractivity contribution in [2.75, 3.05) is 20.2 Å². The maximum atomic E-state index is 12.1. The zero-order chi connectivity index (χ0) is 14.5. The number of aromatic carboxylic acids is 1. The van der Waals surface area contributed by atoms with Gasteiger partial charge in [0.1, 0.15) is 6.10 Å². The van der Waals surface area contributed by atoms with Crippen LogP contribution in [0.4, 0.5) is 0 Å². The third-order valence-corrected chi connectivity index (χ3v) is 3.55. The minimum atomic E-state index is -0.936. The fourth-order valence-corrected chi connectivity index (χ4v) is 2.36. The smallest absolute Gasteiger partial charge is 0.335 e. The topological polar surface area (TPSA) is 66.8 Å². The van der Waals surface area contributed by atoms with Gasteiger partial charge in [0.15, 0.2) is 0 Å². The number of carboxylic acid groups (broad SMARTS) is 1. The molecule has 5 nitrogen and oxygen atoms in total. The van der Waals surface area contributed by atoms with Crippen molar-refractivity contribution in [2.45, 2.75) is 25.4 Å². The molecule has 1 saturated heterocycles. The number of carboxylic acids is 1. The van der Waals surface area contributed by atoms with Crippen molar-refractivity contribution in [2.24, 2.45) is 0 Å². The minimum Gasteiger partial charge on any atom is -0.478 e. The number of rotatable bonds is 5. The Kier molecular flexibility index (Phi) is 4.74. The van der Waals surface area contributed by atoms with Crippen molar-refractivity contribution in [3.8, 4) is 0 Å². The van der Waals surface area contributed by atoms with Crippen LogP contribution in [0.1, 0.15) is 28.8 Å². The van der Waals surface area contributed by atoms with E-state index in [4.69, 9.17) is 9.84 Å². The quantitative estimate of drug-likeness (QED) is 0.887. The molecule has 1 N–H and O–H groups in total. The van der Waals surface area contributed by atoms with Crippen LogP contribution in [0, 0.1) is 0 Å². The Labute approximate surface area is 118 Å². The first-order chi connectivity index (χ1) is 9.59. The Hall–Kier alpha value is -1.88. The van der Waals surface area contributed by atoms with Gasteiger partial charge in [0.05, 0.1) is 5.56 Å². The summed E-state index contributed by atoms with van der Waals surface area (Å²) in [6, 6.07) is 6.88. The van der Waals surface area contributed by atoms with Crippen LogP contribution < -0.4 is 0 Å². The summed E-state index contributed by atoms with van der Waals surface area (Å²) in [5.41, 5.74) is 1.04. The highest BCUT2D eigenvalue weighted by molar-refractivity contribution is 5.89. The fourth-order valence-electron chi connectivity index (χ4n) is 2.36. The van der Waals surface area contributed by atoms with Crippen molar-refractivity contribution >= 4 is 11.9 Å². The lowest BCUT2D eigenvalue weighted by Crippen LogP contribution is -2.37. The molecule has 1 aliphatic rings. The van der Waals surface area contributed by atoms with Gasteiger partial charge in [0.2, 0.25) is 0 Å².